The fourth-order valence-corrected chi connectivity index (χ4v) is 5.83. The molecule has 1 fully saturated rings. The maximum Gasteiger partial charge on any atom is 0.411 e. The van der Waals surface area contributed by atoms with Gasteiger partial charge in [0.2, 0.25) is 0 Å². The second-order valence-electron chi connectivity index (χ2n) is 11.6. The molecule has 6 rings (SSSR count). The summed E-state index contributed by atoms with van der Waals surface area (Å²) in [5.74, 6) is 0.657. The Morgan fingerprint density at radius 2 is 1.62 bits per heavy atom. The molecule has 9 nitrogen and oxygen atoms in total. The molecule has 3 heterocycles. The van der Waals surface area contributed by atoms with Gasteiger partial charge in [-0.3, -0.25) is 24.9 Å². The molecule has 0 spiro atoms. The third kappa shape index (κ3) is 7.87. The van der Waals surface area contributed by atoms with Crippen LogP contribution in [0.1, 0.15) is 34.6 Å². The number of aromatic nitrogens is 1. The molecule has 4 aromatic rings. The number of ether oxygens (including phenoxy) is 2. The van der Waals surface area contributed by atoms with Crippen LogP contribution in [0.3, 0.4) is 0 Å². The van der Waals surface area contributed by atoms with Gasteiger partial charge >= 0.3 is 6.09 Å². The molecule has 45 heavy (non-hydrogen) atoms. The molecule has 2 aliphatic heterocycles. The fraction of sp³-hybridized carbons (Fsp3) is 0.306. The quantitative estimate of drug-likeness (QED) is 0.241. The maximum absolute atomic E-state index is 12.8. The van der Waals surface area contributed by atoms with Crippen molar-refractivity contribution in [1.82, 2.24) is 19.7 Å². The summed E-state index contributed by atoms with van der Waals surface area (Å²) in [6, 6.07) is 31.3. The summed E-state index contributed by atoms with van der Waals surface area (Å²) in [4.78, 5) is 36.8. The largest absolute Gasteiger partial charge is 0.472 e. The number of pyridine rings is 1. The van der Waals surface area contributed by atoms with Gasteiger partial charge in [-0.2, -0.15) is 0 Å². The molecule has 0 aliphatic carbocycles. The van der Waals surface area contributed by atoms with E-state index in [0.29, 0.717) is 30.9 Å². The summed E-state index contributed by atoms with van der Waals surface area (Å²) in [5.41, 5.74) is 5.37. The van der Waals surface area contributed by atoms with E-state index in [2.05, 4.69) is 27.2 Å². The number of hydrogen-bond acceptors (Lipinski definition) is 7. The number of nitrogens with one attached hydrogen (secondary N) is 1. The van der Waals surface area contributed by atoms with Crippen LogP contribution in [0.15, 0.2) is 97.1 Å². The predicted molar refractivity (Wildman–Crippen MR) is 174 cm³/mol. The smallest absolute Gasteiger partial charge is 0.411 e. The van der Waals surface area contributed by atoms with Gasteiger partial charge in [0.25, 0.3) is 5.91 Å². The van der Waals surface area contributed by atoms with Gasteiger partial charge < -0.3 is 14.4 Å². The number of carbonyl (C=O) groups excluding carboxylic acids is 2. The summed E-state index contributed by atoms with van der Waals surface area (Å²) in [7, 11) is 2.04. The standard InChI is InChI=1S/C36H39N5O4/c1-39(22-23-41-26-44-34-17-8-6-15-32(34)35(41)42)24-28-12-9-13-29(37-28)25-40-20-18-30(19-21-40)45-36(43)38-33-16-7-5-14-31(33)27-10-3-2-4-11-27/h2-17,30H,18-26H2,1H3,(H,38,43). The van der Waals surface area contributed by atoms with Gasteiger partial charge in [-0.15, -0.1) is 0 Å². The number of likely N-dealkylation sites (tertiary alicyclic amines) is 1. The molecule has 0 saturated carbocycles. The molecular weight excluding hydrogens is 566 g/mol. The highest BCUT2D eigenvalue weighted by Crippen LogP contribution is 2.28. The van der Waals surface area contributed by atoms with Gasteiger partial charge in [-0.05, 0) is 55.8 Å². The molecule has 0 unspecified atom stereocenters. The first-order valence-corrected chi connectivity index (χ1v) is 15.5. The second kappa shape index (κ2) is 14.4. The van der Waals surface area contributed by atoms with Crippen LogP contribution < -0.4 is 10.1 Å². The molecule has 9 heteroatoms. The van der Waals surface area contributed by atoms with Crippen LogP contribution in [0.25, 0.3) is 11.1 Å². The highest BCUT2D eigenvalue weighted by molar-refractivity contribution is 5.97. The molecule has 0 bridgehead atoms. The Morgan fingerprint density at radius 3 is 2.44 bits per heavy atom. The highest BCUT2D eigenvalue weighted by Gasteiger charge is 2.25. The average Bonchev–Trinajstić information content (AvgIpc) is 3.06. The zero-order valence-electron chi connectivity index (χ0n) is 25.6. The number of likely N-dealkylation sites (N-methyl/N-ethyl adjacent to an activating group) is 1. The third-order valence-electron chi connectivity index (χ3n) is 8.27. The number of piperidine rings is 1. The monoisotopic (exact) mass is 605 g/mol. The Balaban J connectivity index is 0.939. The van der Waals surface area contributed by atoms with Crippen molar-refractivity contribution in [3.63, 3.8) is 0 Å². The van der Waals surface area contributed by atoms with Crippen molar-refractivity contribution < 1.29 is 19.1 Å². The van der Waals surface area contributed by atoms with Crippen molar-refractivity contribution >= 4 is 17.7 Å². The normalized spacial score (nSPS) is 15.4. The molecular formula is C36H39N5O4. The van der Waals surface area contributed by atoms with Crippen LogP contribution in [0, 0.1) is 0 Å². The Morgan fingerprint density at radius 1 is 0.911 bits per heavy atom. The SMILES string of the molecule is CN(CCN1COc2ccccc2C1=O)Cc1cccc(CN2CCC(OC(=O)Nc3ccccc3-c3ccccc3)CC2)n1. The van der Waals surface area contributed by atoms with E-state index in [1.165, 1.54) is 0 Å². The van der Waals surface area contributed by atoms with Crippen LogP contribution in [0.2, 0.25) is 0 Å². The highest BCUT2D eigenvalue weighted by atomic mass is 16.6. The lowest BCUT2D eigenvalue weighted by Gasteiger charge is -2.31. The predicted octanol–water partition coefficient (Wildman–Crippen LogP) is 5.89. The summed E-state index contributed by atoms with van der Waals surface area (Å²) in [6.45, 7) is 4.66. The van der Waals surface area contributed by atoms with Crippen molar-refractivity contribution in [2.75, 3.05) is 45.3 Å². The van der Waals surface area contributed by atoms with Gasteiger partial charge in [0.1, 0.15) is 11.9 Å². The van der Waals surface area contributed by atoms with Gasteiger partial charge in [0.15, 0.2) is 6.73 Å². The van der Waals surface area contributed by atoms with Crippen LogP contribution >= 0.6 is 0 Å². The van der Waals surface area contributed by atoms with E-state index >= 15 is 0 Å². The van der Waals surface area contributed by atoms with Crippen molar-refractivity contribution in [3.8, 4) is 16.9 Å². The number of rotatable bonds is 10. The van der Waals surface area contributed by atoms with Gasteiger partial charge in [-0.25, -0.2) is 4.79 Å². The van der Waals surface area contributed by atoms with E-state index < -0.39 is 6.09 Å². The Kier molecular flexibility index (Phi) is 9.68. The van der Waals surface area contributed by atoms with E-state index in [4.69, 9.17) is 14.5 Å². The fourth-order valence-electron chi connectivity index (χ4n) is 5.83. The van der Waals surface area contributed by atoms with E-state index in [-0.39, 0.29) is 18.7 Å². The third-order valence-corrected chi connectivity index (χ3v) is 8.27. The minimum Gasteiger partial charge on any atom is -0.472 e. The number of anilines is 1. The van der Waals surface area contributed by atoms with Gasteiger partial charge in [-0.1, -0.05) is 66.7 Å². The number of fused-ring (bicyclic) bond motifs is 1. The van der Waals surface area contributed by atoms with Gasteiger partial charge in [0, 0.05) is 44.8 Å². The topological polar surface area (TPSA) is 87.2 Å². The first-order chi connectivity index (χ1) is 22.0. The van der Waals surface area contributed by atoms with Crippen molar-refractivity contribution in [3.05, 3.63) is 114 Å². The number of nitrogens with zero attached hydrogens (tertiary/aromatic N) is 4. The summed E-state index contributed by atoms with van der Waals surface area (Å²) in [5, 5.41) is 2.95. The zero-order valence-corrected chi connectivity index (χ0v) is 25.6. The molecule has 1 saturated heterocycles. The van der Waals surface area contributed by atoms with E-state index in [1.807, 2.05) is 92.0 Å². The van der Waals surface area contributed by atoms with Crippen LogP contribution in [0.4, 0.5) is 10.5 Å². The van der Waals surface area contributed by atoms with E-state index in [0.717, 1.165) is 60.7 Å². The Bertz CT molecular complexity index is 1610. The number of amides is 2. The van der Waals surface area contributed by atoms with Crippen molar-refractivity contribution in [2.24, 2.45) is 0 Å². The van der Waals surface area contributed by atoms with Crippen LogP contribution in [0.5, 0.6) is 5.75 Å². The van der Waals surface area contributed by atoms with Crippen LogP contribution in [-0.2, 0) is 17.8 Å². The molecule has 0 atom stereocenters. The first-order valence-electron chi connectivity index (χ1n) is 15.5. The summed E-state index contributed by atoms with van der Waals surface area (Å²) in [6.07, 6.45) is 1.01. The first kappa shape index (κ1) is 30.3. The molecule has 2 aliphatic rings. The molecule has 1 N–H and O–H groups in total. The summed E-state index contributed by atoms with van der Waals surface area (Å²) < 4.78 is 11.6. The molecule has 0 radical (unpaired) electrons. The van der Waals surface area contributed by atoms with Crippen molar-refractivity contribution in [2.45, 2.75) is 32.0 Å². The lowest BCUT2D eigenvalue weighted by Crippen LogP contribution is -2.42. The minimum absolute atomic E-state index is 0.00793. The molecule has 232 valence electrons. The zero-order chi connectivity index (χ0) is 31.0. The van der Waals surface area contributed by atoms with E-state index in [9.17, 15) is 9.59 Å². The average molecular weight is 606 g/mol. The maximum atomic E-state index is 12.8. The summed E-state index contributed by atoms with van der Waals surface area (Å²) >= 11 is 0. The van der Waals surface area contributed by atoms with Gasteiger partial charge in [0.05, 0.1) is 22.6 Å². The second-order valence-corrected chi connectivity index (χ2v) is 11.6. The van der Waals surface area contributed by atoms with Crippen LogP contribution in [-0.4, -0.2) is 77.7 Å². The number of para-hydroxylation sites is 2. The molecule has 1 aromatic heterocycles. The molecule has 2 amide bonds. The Hall–Kier alpha value is -4.73. The molecule has 3 aromatic carbocycles. The number of carbonyl (C=O) groups is 2. The Labute approximate surface area is 264 Å². The lowest BCUT2D eigenvalue weighted by molar-refractivity contribution is 0.0495. The minimum atomic E-state index is -0.419. The number of hydrogen-bond donors (Lipinski definition) is 1. The van der Waals surface area contributed by atoms with E-state index in [1.54, 1.807) is 4.90 Å². The lowest BCUT2D eigenvalue weighted by atomic mass is 10.0. The number of benzene rings is 3. The van der Waals surface area contributed by atoms with Crippen molar-refractivity contribution in [1.29, 1.82) is 0 Å².